The molecule has 0 aromatic heterocycles. The van der Waals surface area contributed by atoms with Gasteiger partial charge < -0.3 is 128 Å². The lowest BCUT2D eigenvalue weighted by atomic mass is 9.47. The third-order valence-corrected chi connectivity index (χ3v) is 21.5. The summed E-state index contributed by atoms with van der Waals surface area (Å²) in [5.41, 5.74) is 1.10. The highest BCUT2D eigenvalue weighted by molar-refractivity contribution is 5.26. The van der Waals surface area contributed by atoms with Crippen molar-refractivity contribution in [3.63, 3.8) is 0 Å². The quantitative estimate of drug-likeness (QED) is 0.0614. The van der Waals surface area contributed by atoms with Gasteiger partial charge in [-0.15, -0.1) is 0 Å². The summed E-state index contributed by atoms with van der Waals surface area (Å²) in [4.78, 5) is 0. The second-order valence-electron chi connectivity index (χ2n) is 26.3. The van der Waals surface area contributed by atoms with E-state index in [1.807, 2.05) is 6.92 Å². The van der Waals surface area contributed by atoms with Gasteiger partial charge in [-0.1, -0.05) is 39.3 Å². The van der Waals surface area contributed by atoms with Crippen LogP contribution in [-0.4, -0.2) is 270 Å². The van der Waals surface area contributed by atoms with Gasteiger partial charge in [0.2, 0.25) is 0 Å². The van der Waals surface area contributed by atoms with Gasteiger partial charge in [-0.25, -0.2) is 0 Å². The molecular weight excluding hydrogens is 1100 g/mol. The molecule has 14 N–H and O–H groups in total. The number of methoxy groups -OCH3 is 1. The lowest BCUT2D eigenvalue weighted by Gasteiger charge is -2.58. The first-order chi connectivity index (χ1) is 39.3. The zero-order valence-corrected chi connectivity index (χ0v) is 48.4. The summed E-state index contributed by atoms with van der Waals surface area (Å²) in [5, 5.41) is 149. The summed E-state index contributed by atoms with van der Waals surface area (Å²) in [6.07, 6.45) is -26.4. The van der Waals surface area contributed by atoms with Crippen LogP contribution in [0.3, 0.4) is 0 Å². The molecule has 35 atom stereocenters. The number of aliphatic hydroxyl groups is 14. The summed E-state index contributed by atoms with van der Waals surface area (Å²) >= 11 is 0. The SMILES string of the molecule is COC1(CC[C@@H](C)CO[C@@H]2O[C@H](CO)[C@@H](O)[C@H](O)[C@H]2O)O[C@H]2C[C@H]3[C@@H]4CC=C5C[C@@H](O[C@@H]6O[C@H](CO)[C@@H](O[C@@H]7O[C@@H](CO[C@@H]8O[C@@H](C)[C@H](O)[C@@H](O)[C@H]8O)[C@H](O)[C@H]7O)[C@H](O)[C@H]6O[C@@H]6O[C@@H](C)[C@H](O)[C@@H](O)[C@H]6O)CC[C@]5(C)[C@H]4CC[C@]3(C)[C@H]2[C@@H]1C. The first kappa shape index (κ1) is 64.7. The van der Waals surface area contributed by atoms with Gasteiger partial charge in [-0.3, -0.25) is 0 Å². The van der Waals surface area contributed by atoms with Crippen molar-refractivity contribution in [2.45, 2.75) is 265 Å². The second-order valence-corrected chi connectivity index (χ2v) is 26.3. The van der Waals surface area contributed by atoms with E-state index in [-0.39, 0.29) is 41.3 Å². The van der Waals surface area contributed by atoms with Gasteiger partial charge in [0.25, 0.3) is 0 Å². The molecule has 3 saturated carbocycles. The molecule has 10 rings (SSSR count). The molecule has 0 bridgehead atoms. The fourth-order valence-electron chi connectivity index (χ4n) is 16.4. The number of fused-ring (bicyclic) bond motifs is 7. The van der Waals surface area contributed by atoms with Crippen molar-refractivity contribution in [2.75, 3.05) is 33.5 Å². The third kappa shape index (κ3) is 11.8. The van der Waals surface area contributed by atoms with Gasteiger partial charge in [-0.05, 0) is 106 Å². The van der Waals surface area contributed by atoms with Crippen LogP contribution in [-0.2, 0) is 56.8 Å². The molecule has 26 heteroatoms. The van der Waals surface area contributed by atoms with Gasteiger partial charge in [0.05, 0.1) is 50.8 Å². The van der Waals surface area contributed by atoms with Crippen molar-refractivity contribution < 1.29 is 128 Å². The zero-order chi connectivity index (χ0) is 59.9. The normalized spacial score (nSPS) is 54.8. The minimum absolute atomic E-state index is 0.00115. The van der Waals surface area contributed by atoms with Crippen LogP contribution in [0.4, 0.5) is 0 Å². The summed E-state index contributed by atoms with van der Waals surface area (Å²) in [6, 6.07) is 0. The first-order valence-electron chi connectivity index (χ1n) is 30.1. The van der Waals surface area contributed by atoms with Gasteiger partial charge >= 0.3 is 0 Å². The Labute approximate surface area is 483 Å². The molecule has 0 aromatic carbocycles. The Morgan fingerprint density at radius 1 is 0.590 bits per heavy atom. The fraction of sp³-hybridized carbons (Fsp3) is 0.965. The molecule has 478 valence electrons. The van der Waals surface area contributed by atoms with Crippen molar-refractivity contribution in [3.8, 4) is 0 Å². The molecule has 6 heterocycles. The highest BCUT2D eigenvalue weighted by Crippen LogP contribution is 2.70. The summed E-state index contributed by atoms with van der Waals surface area (Å²) in [5.74, 6) is 0.718. The monoisotopic (exact) mass is 1190 g/mol. The fourth-order valence-corrected chi connectivity index (χ4v) is 16.4. The molecule has 0 amide bonds. The van der Waals surface area contributed by atoms with E-state index in [0.717, 1.165) is 32.1 Å². The number of ether oxygens (including phenoxy) is 12. The maximum atomic E-state index is 12.3. The molecule has 0 radical (unpaired) electrons. The highest BCUT2D eigenvalue weighted by Gasteiger charge is 2.68. The molecule has 6 saturated heterocycles. The van der Waals surface area contributed by atoms with Crippen LogP contribution in [0.5, 0.6) is 0 Å². The average Bonchev–Trinajstić information content (AvgIpc) is 1.61. The molecule has 9 fully saturated rings. The summed E-state index contributed by atoms with van der Waals surface area (Å²) < 4.78 is 73.1. The van der Waals surface area contributed by atoms with E-state index >= 15 is 0 Å². The molecule has 1 unspecified atom stereocenters. The van der Waals surface area contributed by atoms with E-state index in [2.05, 4.69) is 26.8 Å². The zero-order valence-electron chi connectivity index (χ0n) is 48.4. The maximum absolute atomic E-state index is 12.3. The molecular formula is C57H94O26. The van der Waals surface area contributed by atoms with Crippen molar-refractivity contribution >= 4 is 0 Å². The van der Waals surface area contributed by atoms with E-state index in [1.165, 1.54) is 19.4 Å². The Morgan fingerprint density at radius 2 is 1.16 bits per heavy atom. The van der Waals surface area contributed by atoms with E-state index in [9.17, 15) is 71.5 Å². The Morgan fingerprint density at radius 3 is 1.82 bits per heavy atom. The summed E-state index contributed by atoms with van der Waals surface area (Å²) in [6.45, 7) is 10.4. The van der Waals surface area contributed by atoms with E-state index in [1.54, 1.807) is 7.11 Å². The van der Waals surface area contributed by atoms with Crippen LogP contribution in [0, 0.1) is 46.3 Å². The standard InChI is InChI=1S/C57H94O26/c1-22(20-73-51-45(69)42(66)38(62)32(18-58)78-51)10-15-57(72-7)23(2)35-31(83-57)17-30-28-9-8-26-16-27(11-13-55(26,5)29(28)12-14-56(30,35)6)77-54-49(82-52-46(70)41(65)37(61)25(4)76-52)47(71)48(33(19-59)79-54)81-53-43(67)39(63)34(80-53)21-74-50-44(68)40(64)36(60)24(3)75-50/h8,22-25,27-54,58-71H,9-21H2,1-7H3/t22-,23+,24+,25+,27+,28-,29+,30+,31+,32-,33-,34+,35+,36+,37+,38-,39+,40-,41-,42+,43-,44-,45-,46-,47+,48-,49-,50-,51-,52+,53+,54-,55+,56+,57?/m1/s1. The number of aliphatic hydroxyl groups excluding tert-OH is 14. The second kappa shape index (κ2) is 25.5. The van der Waals surface area contributed by atoms with E-state index < -0.39 is 179 Å². The van der Waals surface area contributed by atoms with Crippen LogP contribution in [0.1, 0.15) is 99.3 Å². The number of allylic oxidation sites excluding steroid dienone is 1. The molecule has 6 aliphatic heterocycles. The van der Waals surface area contributed by atoms with Crippen molar-refractivity contribution in [3.05, 3.63) is 11.6 Å². The topological polar surface area (TPSA) is 394 Å². The molecule has 26 nitrogen and oxygen atoms in total. The Bertz CT molecular complexity index is 2180. The summed E-state index contributed by atoms with van der Waals surface area (Å²) in [7, 11) is 1.71. The number of hydrogen-bond acceptors (Lipinski definition) is 26. The van der Waals surface area contributed by atoms with Gasteiger partial charge in [0.15, 0.2) is 37.2 Å². The van der Waals surface area contributed by atoms with Gasteiger partial charge in [-0.2, -0.15) is 0 Å². The molecule has 83 heavy (non-hydrogen) atoms. The Kier molecular flexibility index (Phi) is 19.9. The van der Waals surface area contributed by atoms with Crippen LogP contribution < -0.4 is 0 Å². The molecule has 0 aromatic rings. The van der Waals surface area contributed by atoms with Gasteiger partial charge in [0, 0.05) is 19.4 Å². The molecule has 0 spiro atoms. The minimum Gasteiger partial charge on any atom is -0.394 e. The van der Waals surface area contributed by atoms with Crippen LogP contribution in [0.25, 0.3) is 0 Å². The van der Waals surface area contributed by atoms with Gasteiger partial charge in [0.1, 0.15) is 104 Å². The largest absolute Gasteiger partial charge is 0.394 e. The lowest BCUT2D eigenvalue weighted by Crippen LogP contribution is -2.65. The molecule has 4 aliphatic carbocycles. The first-order valence-corrected chi connectivity index (χ1v) is 30.1. The third-order valence-electron chi connectivity index (χ3n) is 21.5. The predicted octanol–water partition coefficient (Wildman–Crippen LogP) is -2.86. The van der Waals surface area contributed by atoms with Crippen LogP contribution >= 0.6 is 0 Å². The van der Waals surface area contributed by atoms with Crippen molar-refractivity contribution in [1.29, 1.82) is 0 Å². The van der Waals surface area contributed by atoms with Crippen molar-refractivity contribution in [1.82, 2.24) is 0 Å². The Hall–Kier alpha value is -1.30. The van der Waals surface area contributed by atoms with Crippen LogP contribution in [0.2, 0.25) is 0 Å². The molecule has 10 aliphatic rings. The predicted molar refractivity (Wildman–Crippen MR) is 280 cm³/mol. The van der Waals surface area contributed by atoms with E-state index in [4.69, 9.17) is 56.8 Å². The smallest absolute Gasteiger partial charge is 0.187 e. The maximum Gasteiger partial charge on any atom is 0.187 e. The van der Waals surface area contributed by atoms with Crippen LogP contribution in [0.15, 0.2) is 11.6 Å². The highest BCUT2D eigenvalue weighted by atomic mass is 16.8. The lowest BCUT2D eigenvalue weighted by molar-refractivity contribution is -0.380. The number of hydrogen-bond donors (Lipinski definition) is 14. The van der Waals surface area contributed by atoms with E-state index in [0.29, 0.717) is 43.4 Å². The average molecular weight is 1200 g/mol. The minimum atomic E-state index is -1.79. The Balaban J connectivity index is 0.785. The number of rotatable bonds is 18. The van der Waals surface area contributed by atoms with Crippen molar-refractivity contribution in [2.24, 2.45) is 46.3 Å².